The summed E-state index contributed by atoms with van der Waals surface area (Å²) in [5.74, 6) is -0.508. The number of nitro benzene ring substituents is 1. The average molecular weight is 333 g/mol. The SMILES string of the molecule is Cc1ccc(Oc2ncc(C(F)(F)F)cc2Cl)c([N+](=O)[O-])c1. The summed E-state index contributed by atoms with van der Waals surface area (Å²) in [7, 11) is 0. The number of benzene rings is 1. The van der Waals surface area contributed by atoms with Crippen molar-refractivity contribution in [2.75, 3.05) is 0 Å². The number of rotatable bonds is 3. The predicted octanol–water partition coefficient (Wildman–Crippen LogP) is 4.76. The van der Waals surface area contributed by atoms with Crippen molar-refractivity contribution in [3.05, 3.63) is 56.7 Å². The van der Waals surface area contributed by atoms with Gasteiger partial charge in [0, 0.05) is 12.3 Å². The molecule has 0 radical (unpaired) electrons. The molecule has 0 N–H and O–H groups in total. The van der Waals surface area contributed by atoms with Crippen molar-refractivity contribution < 1.29 is 22.8 Å². The van der Waals surface area contributed by atoms with Gasteiger partial charge in [0.1, 0.15) is 5.02 Å². The van der Waals surface area contributed by atoms with Gasteiger partial charge in [0.2, 0.25) is 11.6 Å². The summed E-state index contributed by atoms with van der Waals surface area (Å²) in [4.78, 5) is 13.8. The van der Waals surface area contributed by atoms with Crippen LogP contribution in [-0.2, 0) is 6.18 Å². The van der Waals surface area contributed by atoms with Crippen molar-refractivity contribution in [1.29, 1.82) is 0 Å². The molecule has 0 fully saturated rings. The predicted molar refractivity (Wildman–Crippen MR) is 72.2 cm³/mol. The molecule has 2 rings (SSSR count). The van der Waals surface area contributed by atoms with Crippen molar-refractivity contribution in [3.63, 3.8) is 0 Å². The van der Waals surface area contributed by atoms with Gasteiger partial charge in [0.15, 0.2) is 0 Å². The third-order valence-electron chi connectivity index (χ3n) is 2.65. The van der Waals surface area contributed by atoms with Crippen LogP contribution in [0.4, 0.5) is 18.9 Å². The minimum Gasteiger partial charge on any atom is -0.430 e. The van der Waals surface area contributed by atoms with Gasteiger partial charge in [0.05, 0.1) is 10.5 Å². The number of alkyl halides is 3. The molecule has 0 saturated carbocycles. The van der Waals surface area contributed by atoms with Crippen LogP contribution in [0.15, 0.2) is 30.5 Å². The summed E-state index contributed by atoms with van der Waals surface area (Å²) in [6, 6.07) is 4.79. The van der Waals surface area contributed by atoms with E-state index < -0.39 is 21.7 Å². The molecule has 0 aliphatic heterocycles. The number of halogens is 4. The van der Waals surface area contributed by atoms with E-state index in [1.54, 1.807) is 13.0 Å². The zero-order chi connectivity index (χ0) is 16.5. The van der Waals surface area contributed by atoms with Crippen LogP contribution in [-0.4, -0.2) is 9.91 Å². The smallest absolute Gasteiger partial charge is 0.417 e. The Bertz CT molecular complexity index is 735. The first kappa shape index (κ1) is 16.0. The molecule has 0 bridgehead atoms. The maximum atomic E-state index is 12.5. The van der Waals surface area contributed by atoms with Gasteiger partial charge in [-0.2, -0.15) is 13.2 Å². The highest BCUT2D eigenvalue weighted by Crippen LogP contribution is 2.37. The fourth-order valence-corrected chi connectivity index (χ4v) is 1.82. The van der Waals surface area contributed by atoms with Gasteiger partial charge in [-0.05, 0) is 24.6 Å². The van der Waals surface area contributed by atoms with E-state index in [1.165, 1.54) is 12.1 Å². The van der Waals surface area contributed by atoms with Gasteiger partial charge >= 0.3 is 11.9 Å². The Labute approximate surface area is 127 Å². The molecular formula is C13H8ClF3N2O3. The summed E-state index contributed by atoms with van der Waals surface area (Å²) in [5.41, 5.74) is -0.744. The molecule has 1 aromatic carbocycles. The van der Waals surface area contributed by atoms with Crippen molar-refractivity contribution in [1.82, 2.24) is 4.98 Å². The van der Waals surface area contributed by atoms with Gasteiger partial charge in [0.25, 0.3) is 0 Å². The second-order valence-corrected chi connectivity index (χ2v) is 4.75. The van der Waals surface area contributed by atoms with Crippen LogP contribution >= 0.6 is 11.6 Å². The highest BCUT2D eigenvalue weighted by atomic mass is 35.5. The van der Waals surface area contributed by atoms with Gasteiger partial charge in [-0.25, -0.2) is 4.98 Å². The number of hydrogen-bond acceptors (Lipinski definition) is 4. The van der Waals surface area contributed by atoms with E-state index in [-0.39, 0.29) is 17.3 Å². The lowest BCUT2D eigenvalue weighted by Crippen LogP contribution is -2.06. The number of aromatic nitrogens is 1. The van der Waals surface area contributed by atoms with Gasteiger partial charge in [-0.3, -0.25) is 10.1 Å². The summed E-state index contributed by atoms with van der Waals surface area (Å²) < 4.78 is 42.7. The van der Waals surface area contributed by atoms with E-state index in [0.29, 0.717) is 17.8 Å². The van der Waals surface area contributed by atoms with Crippen LogP contribution < -0.4 is 4.74 Å². The minimum absolute atomic E-state index is 0.162. The zero-order valence-corrected chi connectivity index (χ0v) is 11.8. The van der Waals surface area contributed by atoms with Crippen LogP contribution in [0.5, 0.6) is 11.6 Å². The first-order valence-electron chi connectivity index (χ1n) is 5.84. The number of ether oxygens (including phenoxy) is 1. The molecule has 0 aliphatic rings. The van der Waals surface area contributed by atoms with E-state index in [2.05, 4.69) is 4.98 Å². The Morgan fingerprint density at radius 2 is 2.00 bits per heavy atom. The minimum atomic E-state index is -4.59. The van der Waals surface area contributed by atoms with E-state index in [4.69, 9.17) is 16.3 Å². The van der Waals surface area contributed by atoms with Gasteiger partial charge in [-0.1, -0.05) is 17.7 Å². The number of nitrogens with zero attached hydrogens (tertiary/aromatic N) is 2. The highest BCUT2D eigenvalue weighted by molar-refractivity contribution is 6.31. The standard InChI is InChI=1S/C13H8ClF3N2O3/c1-7-2-3-11(10(4-7)19(20)21)22-12-9(14)5-8(6-18-12)13(15,16)17/h2-6H,1H3. The van der Waals surface area contributed by atoms with Crippen LogP contribution in [0.1, 0.15) is 11.1 Å². The van der Waals surface area contributed by atoms with E-state index in [0.717, 1.165) is 0 Å². The van der Waals surface area contributed by atoms with Crippen molar-refractivity contribution >= 4 is 17.3 Å². The fourth-order valence-electron chi connectivity index (χ4n) is 1.62. The second-order valence-electron chi connectivity index (χ2n) is 4.34. The maximum absolute atomic E-state index is 12.5. The van der Waals surface area contributed by atoms with E-state index in [9.17, 15) is 23.3 Å². The molecule has 5 nitrogen and oxygen atoms in total. The Morgan fingerprint density at radius 1 is 1.32 bits per heavy atom. The normalized spacial score (nSPS) is 11.3. The number of hydrogen-bond donors (Lipinski definition) is 0. The third-order valence-corrected chi connectivity index (χ3v) is 2.92. The van der Waals surface area contributed by atoms with Crippen LogP contribution in [0.3, 0.4) is 0 Å². The molecule has 0 saturated heterocycles. The van der Waals surface area contributed by atoms with Gasteiger partial charge in [-0.15, -0.1) is 0 Å². The molecule has 9 heteroatoms. The zero-order valence-electron chi connectivity index (χ0n) is 11.0. The van der Waals surface area contributed by atoms with Crippen molar-refractivity contribution in [2.24, 2.45) is 0 Å². The van der Waals surface area contributed by atoms with E-state index >= 15 is 0 Å². The average Bonchev–Trinajstić information content (AvgIpc) is 2.41. The maximum Gasteiger partial charge on any atom is 0.417 e. The Morgan fingerprint density at radius 3 is 2.55 bits per heavy atom. The number of nitro groups is 1. The Hall–Kier alpha value is -2.35. The van der Waals surface area contributed by atoms with E-state index in [1.807, 2.05) is 0 Å². The Balaban J connectivity index is 2.38. The third kappa shape index (κ3) is 3.45. The molecule has 0 spiro atoms. The monoisotopic (exact) mass is 332 g/mol. The lowest BCUT2D eigenvalue weighted by molar-refractivity contribution is -0.385. The molecule has 116 valence electrons. The Kier molecular flexibility index (Phi) is 4.23. The largest absolute Gasteiger partial charge is 0.430 e. The molecule has 0 amide bonds. The second kappa shape index (κ2) is 5.80. The number of aryl methyl sites for hydroxylation is 1. The van der Waals surface area contributed by atoms with Crippen molar-refractivity contribution in [3.8, 4) is 11.6 Å². The topological polar surface area (TPSA) is 65.3 Å². The number of pyridine rings is 1. The van der Waals surface area contributed by atoms with Gasteiger partial charge < -0.3 is 4.74 Å². The summed E-state index contributed by atoms with van der Waals surface area (Å²) in [5, 5.41) is 10.6. The molecule has 2 aromatic rings. The highest BCUT2D eigenvalue weighted by Gasteiger charge is 2.32. The first-order chi connectivity index (χ1) is 10.2. The quantitative estimate of drug-likeness (QED) is 0.600. The summed E-state index contributed by atoms with van der Waals surface area (Å²) in [6.45, 7) is 1.65. The van der Waals surface area contributed by atoms with Crippen LogP contribution in [0, 0.1) is 17.0 Å². The molecule has 1 aromatic heterocycles. The molecular weight excluding hydrogens is 325 g/mol. The van der Waals surface area contributed by atoms with Crippen molar-refractivity contribution in [2.45, 2.75) is 13.1 Å². The summed E-state index contributed by atoms with van der Waals surface area (Å²) >= 11 is 5.69. The molecule has 22 heavy (non-hydrogen) atoms. The summed E-state index contributed by atoms with van der Waals surface area (Å²) in [6.07, 6.45) is -4.05. The van der Waals surface area contributed by atoms with Crippen LogP contribution in [0.2, 0.25) is 5.02 Å². The lowest BCUT2D eigenvalue weighted by atomic mass is 10.2. The molecule has 1 heterocycles. The molecule has 0 atom stereocenters. The fraction of sp³-hybridized carbons (Fsp3) is 0.154. The van der Waals surface area contributed by atoms with Crippen LogP contribution in [0.25, 0.3) is 0 Å². The molecule has 0 aliphatic carbocycles. The first-order valence-corrected chi connectivity index (χ1v) is 6.22. The lowest BCUT2D eigenvalue weighted by Gasteiger charge is -2.10. The molecule has 0 unspecified atom stereocenters.